The molecule has 6 nitrogen and oxygen atoms in total. The fraction of sp³-hybridized carbons (Fsp3) is 0.250. The molecule has 1 unspecified atom stereocenters. The normalized spacial score (nSPS) is 12.3. The molecule has 0 aliphatic carbocycles. The molecule has 0 radical (unpaired) electrons. The summed E-state index contributed by atoms with van der Waals surface area (Å²) < 4.78 is 10.5. The Balaban J connectivity index is 1.79. The van der Waals surface area contributed by atoms with Crippen LogP contribution in [0.25, 0.3) is 11.6 Å². The van der Waals surface area contributed by atoms with Gasteiger partial charge in [-0.2, -0.15) is 4.98 Å². The van der Waals surface area contributed by atoms with Gasteiger partial charge in [-0.1, -0.05) is 23.4 Å². The first-order valence-corrected chi connectivity index (χ1v) is 7.07. The third kappa shape index (κ3) is 3.35. The maximum Gasteiger partial charge on any atom is 0.246 e. The summed E-state index contributed by atoms with van der Waals surface area (Å²) in [6.07, 6.45) is 1.10. The van der Waals surface area contributed by atoms with Crippen molar-refractivity contribution >= 4 is 5.69 Å². The van der Waals surface area contributed by atoms with E-state index in [1.807, 2.05) is 35.2 Å². The molecule has 2 aromatic heterocycles. The van der Waals surface area contributed by atoms with Crippen molar-refractivity contribution in [2.24, 2.45) is 0 Å². The molecule has 0 saturated carbocycles. The lowest BCUT2D eigenvalue weighted by Gasteiger charge is -2.24. The zero-order valence-corrected chi connectivity index (χ0v) is 12.2. The number of hydrogen-bond donors (Lipinski definition) is 1. The Morgan fingerprint density at radius 1 is 1.18 bits per heavy atom. The second kappa shape index (κ2) is 6.44. The van der Waals surface area contributed by atoms with E-state index in [0.29, 0.717) is 30.6 Å². The number of furan rings is 1. The van der Waals surface area contributed by atoms with Gasteiger partial charge in [0.25, 0.3) is 0 Å². The van der Waals surface area contributed by atoms with Gasteiger partial charge in [-0.05, 0) is 31.2 Å². The third-order valence-corrected chi connectivity index (χ3v) is 3.14. The van der Waals surface area contributed by atoms with Crippen molar-refractivity contribution in [2.75, 3.05) is 11.4 Å². The first kappa shape index (κ1) is 14.3. The van der Waals surface area contributed by atoms with E-state index in [1.165, 1.54) is 0 Å². The highest BCUT2D eigenvalue weighted by atomic mass is 16.5. The number of para-hydroxylation sites is 1. The lowest BCUT2D eigenvalue weighted by molar-refractivity contribution is 0.198. The van der Waals surface area contributed by atoms with Crippen LogP contribution in [0.5, 0.6) is 0 Å². The van der Waals surface area contributed by atoms with Crippen molar-refractivity contribution in [3.8, 4) is 11.6 Å². The van der Waals surface area contributed by atoms with Gasteiger partial charge in [0.05, 0.1) is 18.9 Å². The van der Waals surface area contributed by atoms with Crippen molar-refractivity contribution in [2.45, 2.75) is 19.6 Å². The SMILES string of the molecule is CC(O)CN(Cc1nc(-c2ccco2)no1)c1ccccc1. The summed E-state index contributed by atoms with van der Waals surface area (Å²) in [5.41, 5.74) is 0.987. The highest BCUT2D eigenvalue weighted by Crippen LogP contribution is 2.19. The minimum atomic E-state index is -0.465. The number of anilines is 1. The number of rotatable bonds is 6. The number of hydrogen-bond acceptors (Lipinski definition) is 6. The summed E-state index contributed by atoms with van der Waals surface area (Å²) in [5, 5.41) is 13.6. The monoisotopic (exact) mass is 299 g/mol. The van der Waals surface area contributed by atoms with Crippen molar-refractivity contribution < 1.29 is 14.0 Å². The Hall–Kier alpha value is -2.60. The summed E-state index contributed by atoms with van der Waals surface area (Å²) in [4.78, 5) is 6.32. The first-order chi connectivity index (χ1) is 10.7. The van der Waals surface area contributed by atoms with E-state index in [-0.39, 0.29) is 0 Å². The van der Waals surface area contributed by atoms with E-state index in [2.05, 4.69) is 10.1 Å². The molecule has 0 amide bonds. The van der Waals surface area contributed by atoms with E-state index < -0.39 is 6.10 Å². The first-order valence-electron chi connectivity index (χ1n) is 7.07. The van der Waals surface area contributed by atoms with Crippen LogP contribution in [-0.2, 0) is 6.54 Å². The Morgan fingerprint density at radius 3 is 2.68 bits per heavy atom. The molecule has 0 fully saturated rings. The quantitative estimate of drug-likeness (QED) is 0.754. The molecule has 2 heterocycles. The van der Waals surface area contributed by atoms with Gasteiger partial charge in [0, 0.05) is 12.2 Å². The highest BCUT2D eigenvalue weighted by molar-refractivity contribution is 5.47. The minimum absolute atomic E-state index is 0.419. The van der Waals surface area contributed by atoms with Crippen molar-refractivity contribution in [3.05, 3.63) is 54.6 Å². The fourth-order valence-electron chi connectivity index (χ4n) is 2.21. The standard InChI is InChI=1S/C16H17N3O3/c1-12(20)10-19(13-6-3-2-4-7-13)11-15-17-16(18-22-15)14-8-5-9-21-14/h2-9,12,20H,10-11H2,1H3. The molecule has 0 saturated heterocycles. The van der Waals surface area contributed by atoms with E-state index in [9.17, 15) is 5.11 Å². The molecular weight excluding hydrogens is 282 g/mol. The summed E-state index contributed by atoms with van der Waals surface area (Å²) in [5.74, 6) is 1.46. The van der Waals surface area contributed by atoms with E-state index in [0.717, 1.165) is 5.69 Å². The zero-order chi connectivity index (χ0) is 15.4. The van der Waals surface area contributed by atoms with Crippen LogP contribution in [0.2, 0.25) is 0 Å². The van der Waals surface area contributed by atoms with Crippen molar-refractivity contribution in [3.63, 3.8) is 0 Å². The Kier molecular flexibility index (Phi) is 4.20. The number of nitrogens with zero attached hydrogens (tertiary/aromatic N) is 3. The average molecular weight is 299 g/mol. The van der Waals surface area contributed by atoms with Gasteiger partial charge in [0.1, 0.15) is 0 Å². The molecule has 3 aromatic rings. The lowest BCUT2D eigenvalue weighted by atomic mass is 10.2. The smallest absolute Gasteiger partial charge is 0.246 e. The second-order valence-corrected chi connectivity index (χ2v) is 5.05. The molecule has 6 heteroatoms. The molecule has 0 bridgehead atoms. The van der Waals surface area contributed by atoms with Gasteiger partial charge in [0.2, 0.25) is 11.7 Å². The summed E-state index contributed by atoms with van der Waals surface area (Å²) in [6, 6.07) is 13.4. The Labute approximate surface area is 128 Å². The molecule has 1 aromatic carbocycles. The predicted molar refractivity (Wildman–Crippen MR) is 81.2 cm³/mol. The van der Waals surface area contributed by atoms with Gasteiger partial charge in [0.15, 0.2) is 5.76 Å². The number of aliphatic hydroxyl groups excluding tert-OH is 1. The van der Waals surface area contributed by atoms with E-state index >= 15 is 0 Å². The van der Waals surface area contributed by atoms with Gasteiger partial charge in [-0.15, -0.1) is 0 Å². The van der Waals surface area contributed by atoms with Gasteiger partial charge in [-0.25, -0.2) is 0 Å². The van der Waals surface area contributed by atoms with Gasteiger partial charge >= 0.3 is 0 Å². The van der Waals surface area contributed by atoms with E-state index in [1.54, 1.807) is 25.3 Å². The number of aromatic nitrogens is 2. The maximum atomic E-state index is 9.69. The van der Waals surface area contributed by atoms with Crippen LogP contribution in [-0.4, -0.2) is 27.9 Å². The third-order valence-electron chi connectivity index (χ3n) is 3.14. The van der Waals surface area contributed by atoms with Crippen LogP contribution in [0.3, 0.4) is 0 Å². The van der Waals surface area contributed by atoms with Gasteiger partial charge < -0.3 is 18.9 Å². The molecule has 0 spiro atoms. The topological polar surface area (TPSA) is 75.5 Å². The molecular formula is C16H17N3O3. The molecule has 0 aliphatic rings. The average Bonchev–Trinajstić information content (AvgIpc) is 3.18. The minimum Gasteiger partial charge on any atom is -0.461 e. The number of benzene rings is 1. The number of aliphatic hydroxyl groups is 1. The molecule has 3 rings (SSSR count). The fourth-order valence-corrected chi connectivity index (χ4v) is 2.21. The highest BCUT2D eigenvalue weighted by Gasteiger charge is 2.16. The summed E-state index contributed by atoms with van der Waals surface area (Å²) in [7, 11) is 0. The molecule has 22 heavy (non-hydrogen) atoms. The van der Waals surface area contributed by atoms with Crippen LogP contribution < -0.4 is 4.90 Å². The van der Waals surface area contributed by atoms with Crippen LogP contribution in [0.4, 0.5) is 5.69 Å². The molecule has 0 aliphatic heterocycles. The largest absolute Gasteiger partial charge is 0.461 e. The summed E-state index contributed by atoms with van der Waals surface area (Å²) >= 11 is 0. The second-order valence-electron chi connectivity index (χ2n) is 5.05. The van der Waals surface area contributed by atoms with E-state index in [4.69, 9.17) is 8.94 Å². The van der Waals surface area contributed by atoms with Crippen molar-refractivity contribution in [1.82, 2.24) is 10.1 Å². The lowest BCUT2D eigenvalue weighted by Crippen LogP contribution is -2.30. The molecule has 1 atom stereocenters. The molecule has 1 N–H and O–H groups in total. The molecule has 114 valence electrons. The maximum absolute atomic E-state index is 9.69. The van der Waals surface area contributed by atoms with Crippen molar-refractivity contribution in [1.29, 1.82) is 0 Å². The van der Waals surface area contributed by atoms with Crippen LogP contribution in [0.1, 0.15) is 12.8 Å². The van der Waals surface area contributed by atoms with Gasteiger partial charge in [-0.3, -0.25) is 0 Å². The van der Waals surface area contributed by atoms with Crippen LogP contribution in [0, 0.1) is 0 Å². The zero-order valence-electron chi connectivity index (χ0n) is 12.2. The van der Waals surface area contributed by atoms with Crippen LogP contribution >= 0.6 is 0 Å². The summed E-state index contributed by atoms with van der Waals surface area (Å²) in [6.45, 7) is 2.64. The predicted octanol–water partition coefficient (Wildman–Crippen LogP) is 2.72. The van der Waals surface area contributed by atoms with Crippen LogP contribution in [0.15, 0.2) is 57.7 Å². The Morgan fingerprint density at radius 2 is 2.00 bits per heavy atom. The Bertz CT molecular complexity index is 693.